The molecule has 0 radical (unpaired) electrons. The van der Waals surface area contributed by atoms with Gasteiger partial charge in [0.25, 0.3) is 0 Å². The lowest BCUT2D eigenvalue weighted by Gasteiger charge is -2.16. The number of carbonyl (C=O) groups excluding carboxylic acids is 2. The second-order valence-electron chi connectivity index (χ2n) is 5.01. The highest BCUT2D eigenvalue weighted by Gasteiger charge is 2.20. The number of para-hydroxylation sites is 1. The van der Waals surface area contributed by atoms with Gasteiger partial charge in [-0.3, -0.25) is 9.59 Å². The first-order valence-corrected chi connectivity index (χ1v) is 6.85. The van der Waals surface area contributed by atoms with E-state index in [1.165, 1.54) is 7.05 Å². The summed E-state index contributed by atoms with van der Waals surface area (Å²) in [6.07, 6.45) is 2.27. The molecule has 0 spiro atoms. The third-order valence-electron chi connectivity index (χ3n) is 3.45. The summed E-state index contributed by atoms with van der Waals surface area (Å²) in [5.41, 5.74) is 7.93. The first-order valence-electron chi connectivity index (χ1n) is 6.85. The summed E-state index contributed by atoms with van der Waals surface area (Å²) in [6, 6.07) is 6.55. The van der Waals surface area contributed by atoms with Crippen LogP contribution in [0.5, 0.6) is 0 Å². The number of hydrogen-bond donors (Lipinski definition) is 4. The largest absolute Gasteiger partial charge is 0.361 e. The number of amides is 2. The average molecular weight is 288 g/mol. The van der Waals surface area contributed by atoms with Gasteiger partial charge in [0.15, 0.2) is 0 Å². The molecule has 2 aromatic rings. The van der Waals surface area contributed by atoms with Crippen molar-refractivity contribution in [3.63, 3.8) is 0 Å². The summed E-state index contributed by atoms with van der Waals surface area (Å²) < 4.78 is 0. The summed E-state index contributed by atoms with van der Waals surface area (Å²) >= 11 is 0. The Morgan fingerprint density at radius 3 is 2.71 bits per heavy atom. The number of aromatic nitrogens is 1. The highest BCUT2D eigenvalue weighted by molar-refractivity contribution is 5.90. The van der Waals surface area contributed by atoms with Crippen molar-refractivity contribution in [2.45, 2.75) is 25.4 Å². The fourth-order valence-corrected chi connectivity index (χ4v) is 2.23. The number of carbonyl (C=O) groups is 2. The zero-order chi connectivity index (χ0) is 15.4. The Labute approximate surface area is 123 Å². The Morgan fingerprint density at radius 2 is 2.00 bits per heavy atom. The van der Waals surface area contributed by atoms with Crippen LogP contribution in [0, 0.1) is 0 Å². The quantitative estimate of drug-likeness (QED) is 0.636. The molecule has 2 rings (SSSR count). The predicted octanol–water partition coefficient (Wildman–Crippen LogP) is 0.288. The second-order valence-corrected chi connectivity index (χ2v) is 5.01. The fourth-order valence-electron chi connectivity index (χ4n) is 2.23. The molecule has 0 aliphatic rings. The summed E-state index contributed by atoms with van der Waals surface area (Å²) in [6.45, 7) is 1.62. The molecular weight excluding hydrogens is 268 g/mol. The van der Waals surface area contributed by atoms with Crippen molar-refractivity contribution in [2.24, 2.45) is 5.73 Å². The lowest BCUT2D eigenvalue weighted by atomic mass is 10.0. The first kappa shape index (κ1) is 15.1. The van der Waals surface area contributed by atoms with Crippen molar-refractivity contribution in [1.82, 2.24) is 15.6 Å². The van der Waals surface area contributed by atoms with Crippen LogP contribution in [-0.2, 0) is 16.0 Å². The van der Waals surface area contributed by atoms with Crippen LogP contribution in [0.2, 0.25) is 0 Å². The standard InChI is InChI=1S/C15H20N4O2/c1-9(14(20)17-2)19-15(21)12(16)7-10-8-18-13-6-4-3-5-11(10)13/h3-6,8-9,12,18H,7,16H2,1-2H3,(H,17,20)(H,19,21)/t9?,12-/m1/s1. The molecule has 0 bridgehead atoms. The molecule has 5 N–H and O–H groups in total. The van der Waals surface area contributed by atoms with E-state index < -0.39 is 12.1 Å². The molecule has 0 aliphatic carbocycles. The van der Waals surface area contributed by atoms with Gasteiger partial charge in [0.05, 0.1) is 6.04 Å². The van der Waals surface area contributed by atoms with Crippen LogP contribution in [0.4, 0.5) is 0 Å². The Morgan fingerprint density at radius 1 is 1.29 bits per heavy atom. The van der Waals surface area contributed by atoms with E-state index in [-0.39, 0.29) is 11.8 Å². The van der Waals surface area contributed by atoms with Gasteiger partial charge >= 0.3 is 0 Å². The maximum Gasteiger partial charge on any atom is 0.242 e. The molecule has 6 heteroatoms. The molecule has 1 heterocycles. The highest BCUT2D eigenvalue weighted by Crippen LogP contribution is 2.18. The molecule has 0 fully saturated rings. The molecule has 6 nitrogen and oxygen atoms in total. The first-order chi connectivity index (χ1) is 10.0. The SMILES string of the molecule is CNC(=O)C(C)NC(=O)[C@H](N)Cc1c[nH]c2ccccc12. The third-order valence-corrected chi connectivity index (χ3v) is 3.45. The van der Waals surface area contributed by atoms with Gasteiger partial charge in [0.2, 0.25) is 11.8 Å². The van der Waals surface area contributed by atoms with Crippen LogP contribution in [0.15, 0.2) is 30.5 Å². The van der Waals surface area contributed by atoms with Crippen LogP contribution in [0.3, 0.4) is 0 Å². The molecule has 1 aromatic heterocycles. The van der Waals surface area contributed by atoms with Crippen molar-refractivity contribution in [3.05, 3.63) is 36.0 Å². The van der Waals surface area contributed by atoms with Crippen molar-refractivity contribution in [2.75, 3.05) is 7.05 Å². The number of nitrogens with one attached hydrogen (secondary N) is 3. The van der Waals surface area contributed by atoms with Crippen molar-refractivity contribution in [3.8, 4) is 0 Å². The van der Waals surface area contributed by atoms with E-state index >= 15 is 0 Å². The molecule has 0 aliphatic heterocycles. The maximum atomic E-state index is 12.0. The summed E-state index contributed by atoms with van der Waals surface area (Å²) in [4.78, 5) is 26.5. The number of hydrogen-bond acceptors (Lipinski definition) is 3. The molecule has 0 saturated carbocycles. The smallest absolute Gasteiger partial charge is 0.242 e. The van der Waals surface area contributed by atoms with Crippen molar-refractivity contribution >= 4 is 22.7 Å². The Hall–Kier alpha value is -2.34. The van der Waals surface area contributed by atoms with Gasteiger partial charge in [-0.25, -0.2) is 0 Å². The van der Waals surface area contributed by atoms with E-state index in [1.807, 2.05) is 30.5 Å². The highest BCUT2D eigenvalue weighted by atomic mass is 16.2. The number of benzene rings is 1. The minimum absolute atomic E-state index is 0.248. The summed E-state index contributed by atoms with van der Waals surface area (Å²) in [7, 11) is 1.52. The summed E-state index contributed by atoms with van der Waals surface area (Å²) in [5.74, 6) is -0.584. The van der Waals surface area contributed by atoms with Gasteiger partial charge in [0, 0.05) is 24.1 Å². The van der Waals surface area contributed by atoms with E-state index in [0.717, 1.165) is 16.5 Å². The van der Waals surface area contributed by atoms with Gasteiger partial charge in [-0.1, -0.05) is 18.2 Å². The molecular formula is C15H20N4O2. The van der Waals surface area contributed by atoms with E-state index in [9.17, 15) is 9.59 Å². The molecule has 1 unspecified atom stereocenters. The average Bonchev–Trinajstić information content (AvgIpc) is 2.89. The third kappa shape index (κ3) is 3.41. The van der Waals surface area contributed by atoms with Gasteiger partial charge < -0.3 is 21.4 Å². The van der Waals surface area contributed by atoms with E-state index in [4.69, 9.17) is 5.73 Å². The van der Waals surface area contributed by atoms with Gasteiger partial charge in [-0.05, 0) is 25.0 Å². The Balaban J connectivity index is 2.02. The fraction of sp³-hybridized carbons (Fsp3) is 0.333. The van der Waals surface area contributed by atoms with E-state index in [1.54, 1.807) is 6.92 Å². The number of nitrogens with two attached hydrogens (primary N) is 1. The van der Waals surface area contributed by atoms with Crippen LogP contribution in [0.25, 0.3) is 10.9 Å². The number of aromatic amines is 1. The number of rotatable bonds is 5. The molecule has 112 valence electrons. The van der Waals surface area contributed by atoms with Crippen molar-refractivity contribution in [1.29, 1.82) is 0 Å². The van der Waals surface area contributed by atoms with Gasteiger partial charge in [-0.2, -0.15) is 0 Å². The monoisotopic (exact) mass is 288 g/mol. The molecule has 2 atom stereocenters. The lowest BCUT2D eigenvalue weighted by Crippen LogP contribution is -2.50. The van der Waals surface area contributed by atoms with Crippen LogP contribution < -0.4 is 16.4 Å². The zero-order valence-electron chi connectivity index (χ0n) is 12.1. The normalized spacial score (nSPS) is 13.7. The van der Waals surface area contributed by atoms with Crippen molar-refractivity contribution < 1.29 is 9.59 Å². The number of fused-ring (bicyclic) bond motifs is 1. The van der Waals surface area contributed by atoms with Crippen LogP contribution >= 0.6 is 0 Å². The molecule has 2 amide bonds. The minimum atomic E-state index is -0.698. The zero-order valence-corrected chi connectivity index (χ0v) is 12.1. The second kappa shape index (κ2) is 6.41. The maximum absolute atomic E-state index is 12.0. The van der Waals surface area contributed by atoms with Crippen LogP contribution in [0.1, 0.15) is 12.5 Å². The minimum Gasteiger partial charge on any atom is -0.361 e. The van der Waals surface area contributed by atoms with Crippen LogP contribution in [-0.4, -0.2) is 35.9 Å². The number of likely N-dealkylation sites (N-methyl/N-ethyl adjacent to an activating group) is 1. The Bertz CT molecular complexity index is 650. The lowest BCUT2D eigenvalue weighted by molar-refractivity contribution is -0.128. The Kier molecular flexibility index (Phi) is 4.59. The molecule has 1 aromatic carbocycles. The van der Waals surface area contributed by atoms with E-state index in [2.05, 4.69) is 15.6 Å². The van der Waals surface area contributed by atoms with Gasteiger partial charge in [0.1, 0.15) is 6.04 Å². The summed E-state index contributed by atoms with van der Waals surface area (Å²) in [5, 5.41) is 6.14. The van der Waals surface area contributed by atoms with Gasteiger partial charge in [-0.15, -0.1) is 0 Å². The topological polar surface area (TPSA) is 100 Å². The number of H-pyrrole nitrogens is 1. The predicted molar refractivity (Wildman–Crippen MR) is 81.6 cm³/mol. The molecule has 0 saturated heterocycles. The van der Waals surface area contributed by atoms with E-state index in [0.29, 0.717) is 6.42 Å². The molecule has 21 heavy (non-hydrogen) atoms.